The third kappa shape index (κ3) is 2.20. The van der Waals surface area contributed by atoms with Crippen molar-refractivity contribution in [3.05, 3.63) is 58.6 Å². The first-order valence-electron chi connectivity index (χ1n) is 7.67. The van der Waals surface area contributed by atoms with E-state index in [4.69, 9.17) is 25.8 Å². The number of rotatable bonds is 3. The largest absolute Gasteiger partial charge is 0.496 e. The lowest BCUT2D eigenvalue weighted by Crippen LogP contribution is -2.40. The Hall–Kier alpha value is -2.08. The highest BCUT2D eigenvalue weighted by Crippen LogP contribution is 2.47. The van der Waals surface area contributed by atoms with Crippen LogP contribution in [-0.2, 0) is 26.6 Å². The van der Waals surface area contributed by atoms with Crippen molar-refractivity contribution in [2.24, 2.45) is 0 Å². The number of ether oxygens (including phenoxy) is 3. The van der Waals surface area contributed by atoms with E-state index >= 15 is 0 Å². The number of anilines is 1. The number of carbonyl (C=O) groups excluding carboxylic acids is 1. The molecule has 4 rings (SSSR count). The van der Waals surface area contributed by atoms with E-state index in [1.807, 2.05) is 30.3 Å². The molecule has 0 bridgehead atoms. The van der Waals surface area contributed by atoms with Gasteiger partial charge in [0.05, 0.1) is 32.6 Å². The zero-order valence-corrected chi connectivity index (χ0v) is 13.9. The zero-order valence-electron chi connectivity index (χ0n) is 13.1. The second-order valence-electron chi connectivity index (χ2n) is 5.68. The van der Waals surface area contributed by atoms with E-state index in [1.165, 1.54) is 0 Å². The molecule has 1 fully saturated rings. The average molecular weight is 346 g/mol. The molecule has 0 unspecified atom stereocenters. The third-order valence-electron chi connectivity index (χ3n) is 4.35. The summed E-state index contributed by atoms with van der Waals surface area (Å²) < 4.78 is 16.8. The van der Waals surface area contributed by atoms with Gasteiger partial charge in [-0.15, -0.1) is 0 Å². The fourth-order valence-electron chi connectivity index (χ4n) is 3.26. The van der Waals surface area contributed by atoms with Crippen LogP contribution in [0, 0.1) is 0 Å². The number of carbonyl (C=O) groups is 1. The van der Waals surface area contributed by atoms with Crippen LogP contribution in [0.3, 0.4) is 0 Å². The van der Waals surface area contributed by atoms with Crippen molar-refractivity contribution in [3.63, 3.8) is 0 Å². The Bertz CT molecular complexity index is 801. The molecule has 0 radical (unpaired) electrons. The first kappa shape index (κ1) is 15.4. The molecule has 24 heavy (non-hydrogen) atoms. The van der Waals surface area contributed by atoms with E-state index in [2.05, 4.69) is 0 Å². The Morgan fingerprint density at radius 3 is 2.71 bits per heavy atom. The molecule has 124 valence electrons. The van der Waals surface area contributed by atoms with Crippen LogP contribution < -0.4 is 9.64 Å². The molecule has 2 aromatic rings. The molecule has 2 aliphatic rings. The van der Waals surface area contributed by atoms with Crippen LogP contribution in [-0.4, -0.2) is 26.2 Å². The van der Waals surface area contributed by atoms with E-state index in [9.17, 15) is 4.79 Å². The fraction of sp³-hybridized carbons (Fsp3) is 0.278. The van der Waals surface area contributed by atoms with Crippen molar-refractivity contribution in [1.82, 2.24) is 0 Å². The quantitative estimate of drug-likeness (QED) is 0.857. The van der Waals surface area contributed by atoms with Gasteiger partial charge in [-0.3, -0.25) is 4.79 Å². The highest BCUT2D eigenvalue weighted by molar-refractivity contribution is 6.31. The van der Waals surface area contributed by atoms with E-state index < -0.39 is 5.79 Å². The average Bonchev–Trinajstić information content (AvgIpc) is 3.17. The molecule has 5 nitrogen and oxygen atoms in total. The highest BCUT2D eigenvalue weighted by Gasteiger charge is 2.56. The van der Waals surface area contributed by atoms with E-state index in [-0.39, 0.29) is 5.91 Å². The fourth-order valence-corrected chi connectivity index (χ4v) is 3.43. The number of benzene rings is 2. The van der Waals surface area contributed by atoms with Crippen molar-refractivity contribution < 1.29 is 19.0 Å². The van der Waals surface area contributed by atoms with Gasteiger partial charge >= 0.3 is 0 Å². The Balaban J connectivity index is 1.78. The number of amides is 1. The molecular formula is C18H16ClNO4. The van der Waals surface area contributed by atoms with Crippen molar-refractivity contribution in [2.45, 2.75) is 12.3 Å². The summed E-state index contributed by atoms with van der Waals surface area (Å²) in [7, 11) is 1.61. The number of para-hydroxylation sites is 1. The molecule has 2 aliphatic heterocycles. The molecular weight excluding hydrogens is 330 g/mol. The summed E-state index contributed by atoms with van der Waals surface area (Å²) in [6.45, 7) is 1.12. The molecule has 0 aromatic heterocycles. The van der Waals surface area contributed by atoms with Gasteiger partial charge < -0.3 is 19.1 Å². The summed E-state index contributed by atoms with van der Waals surface area (Å²) in [5, 5.41) is 0.541. The number of nitrogens with zero attached hydrogens (tertiary/aromatic N) is 1. The van der Waals surface area contributed by atoms with Crippen LogP contribution >= 0.6 is 11.6 Å². The topological polar surface area (TPSA) is 48.0 Å². The minimum Gasteiger partial charge on any atom is -0.496 e. The smallest absolute Gasteiger partial charge is 0.292 e. The summed E-state index contributed by atoms with van der Waals surface area (Å²) in [6, 6.07) is 12.9. The Labute approximate surface area is 144 Å². The van der Waals surface area contributed by atoms with Gasteiger partial charge in [-0.2, -0.15) is 0 Å². The first-order valence-corrected chi connectivity index (χ1v) is 8.05. The second kappa shape index (κ2) is 5.77. The maximum absolute atomic E-state index is 13.1. The number of fused-ring (bicyclic) bond motifs is 2. The molecule has 1 spiro atoms. The van der Waals surface area contributed by atoms with Gasteiger partial charge in [-0.25, -0.2) is 0 Å². The summed E-state index contributed by atoms with van der Waals surface area (Å²) >= 11 is 6.13. The lowest BCUT2D eigenvalue weighted by Gasteiger charge is -2.22. The van der Waals surface area contributed by atoms with Crippen LogP contribution in [0.15, 0.2) is 42.5 Å². The normalized spacial score (nSPS) is 18.2. The predicted molar refractivity (Wildman–Crippen MR) is 89.2 cm³/mol. The van der Waals surface area contributed by atoms with Gasteiger partial charge in [0.1, 0.15) is 5.75 Å². The van der Waals surface area contributed by atoms with Gasteiger partial charge in [0.2, 0.25) is 0 Å². The van der Waals surface area contributed by atoms with Crippen LogP contribution in [0.2, 0.25) is 5.02 Å². The SMILES string of the molecule is COc1ccccc1CN1C(=O)C2(OCCO2)c2cc(Cl)ccc21. The number of hydrogen-bond donors (Lipinski definition) is 0. The summed E-state index contributed by atoms with van der Waals surface area (Å²) in [4.78, 5) is 14.8. The van der Waals surface area contributed by atoms with Crippen molar-refractivity contribution in [1.29, 1.82) is 0 Å². The van der Waals surface area contributed by atoms with Crippen LogP contribution in [0.5, 0.6) is 5.75 Å². The Kier molecular flexibility index (Phi) is 3.72. The van der Waals surface area contributed by atoms with Crippen LogP contribution in [0.4, 0.5) is 5.69 Å². The maximum atomic E-state index is 13.1. The summed E-state index contributed by atoms with van der Waals surface area (Å²) in [5.74, 6) is -0.874. The van der Waals surface area contributed by atoms with Gasteiger partial charge in [0, 0.05) is 16.1 Å². The standard InChI is InChI=1S/C18H16ClNO4/c1-22-16-5-3-2-4-12(16)11-20-15-7-6-13(19)10-14(15)18(17(20)21)23-8-9-24-18/h2-7,10H,8-9,11H2,1H3. The summed E-state index contributed by atoms with van der Waals surface area (Å²) in [6.07, 6.45) is 0. The third-order valence-corrected chi connectivity index (χ3v) is 4.58. The first-order chi connectivity index (χ1) is 11.7. The van der Waals surface area contributed by atoms with Gasteiger partial charge in [-0.1, -0.05) is 29.8 Å². The van der Waals surface area contributed by atoms with Gasteiger partial charge in [0.25, 0.3) is 11.7 Å². The Morgan fingerprint density at radius 1 is 1.21 bits per heavy atom. The monoisotopic (exact) mass is 345 g/mol. The molecule has 0 N–H and O–H groups in total. The highest BCUT2D eigenvalue weighted by atomic mass is 35.5. The van der Waals surface area contributed by atoms with E-state index in [0.29, 0.717) is 30.3 Å². The molecule has 0 aliphatic carbocycles. The zero-order chi connectivity index (χ0) is 16.7. The molecule has 1 saturated heterocycles. The molecule has 6 heteroatoms. The van der Waals surface area contributed by atoms with Crippen molar-refractivity contribution >= 4 is 23.2 Å². The van der Waals surface area contributed by atoms with Crippen LogP contribution in [0.25, 0.3) is 0 Å². The molecule has 2 aromatic carbocycles. The Morgan fingerprint density at radius 2 is 1.96 bits per heavy atom. The second-order valence-corrected chi connectivity index (χ2v) is 6.11. The van der Waals surface area contributed by atoms with Crippen molar-refractivity contribution in [2.75, 3.05) is 25.2 Å². The lowest BCUT2D eigenvalue weighted by molar-refractivity contribution is -0.180. The van der Waals surface area contributed by atoms with E-state index in [0.717, 1.165) is 17.0 Å². The molecule has 0 atom stereocenters. The molecule has 2 heterocycles. The molecule has 1 amide bonds. The van der Waals surface area contributed by atoms with Gasteiger partial charge in [0.15, 0.2) is 0 Å². The number of hydrogen-bond acceptors (Lipinski definition) is 4. The van der Waals surface area contributed by atoms with Crippen LogP contribution in [0.1, 0.15) is 11.1 Å². The van der Waals surface area contributed by atoms with E-state index in [1.54, 1.807) is 24.1 Å². The van der Waals surface area contributed by atoms with Crippen molar-refractivity contribution in [3.8, 4) is 5.75 Å². The summed E-state index contributed by atoms with van der Waals surface area (Å²) in [5.41, 5.74) is 2.31. The molecule has 0 saturated carbocycles. The minimum atomic E-state index is -1.37. The maximum Gasteiger partial charge on any atom is 0.292 e. The number of methoxy groups -OCH3 is 1. The number of halogens is 1. The predicted octanol–water partition coefficient (Wildman–Crippen LogP) is 3.10. The minimum absolute atomic E-state index is 0.233. The van der Waals surface area contributed by atoms with Gasteiger partial charge in [-0.05, 0) is 24.3 Å². The lowest BCUT2D eigenvalue weighted by atomic mass is 10.1.